The lowest BCUT2D eigenvalue weighted by Crippen LogP contribution is -2.17. The zero-order chi connectivity index (χ0) is 18.6. The number of hydrogen-bond acceptors (Lipinski definition) is 0. The molecule has 0 spiro atoms. The third-order valence-corrected chi connectivity index (χ3v) is 4.76. The van der Waals surface area contributed by atoms with Gasteiger partial charge in [-0.2, -0.15) is 13.2 Å². The van der Waals surface area contributed by atoms with Crippen molar-refractivity contribution in [1.82, 2.24) is 0 Å². The molecular formula is C15H11Cl2F7. The molecule has 2 rings (SSSR count). The second kappa shape index (κ2) is 6.09. The molecule has 2 unspecified atom stereocenters. The van der Waals surface area contributed by atoms with Crippen molar-refractivity contribution in [1.29, 1.82) is 0 Å². The van der Waals surface area contributed by atoms with E-state index in [0.29, 0.717) is 0 Å². The predicted octanol–water partition coefficient (Wildman–Crippen LogP) is 6.40. The molecule has 0 heterocycles. The van der Waals surface area contributed by atoms with Gasteiger partial charge in [0.15, 0.2) is 23.3 Å². The molecule has 0 saturated heterocycles. The van der Waals surface area contributed by atoms with Gasteiger partial charge in [0.2, 0.25) is 0 Å². The highest BCUT2D eigenvalue weighted by Crippen LogP contribution is 2.61. The SMILES string of the molecule is CC1(C)C(C=C(Cl)Cl)C1Cc1c(F)c(F)c(C(F)(F)F)c(F)c1F. The third-order valence-electron chi connectivity index (χ3n) is 4.51. The van der Waals surface area contributed by atoms with Gasteiger partial charge in [-0.05, 0) is 23.7 Å². The van der Waals surface area contributed by atoms with Gasteiger partial charge in [0.25, 0.3) is 0 Å². The molecule has 0 aromatic heterocycles. The Labute approximate surface area is 143 Å². The van der Waals surface area contributed by atoms with E-state index in [1.807, 2.05) is 0 Å². The molecule has 0 amide bonds. The fourth-order valence-corrected chi connectivity index (χ4v) is 3.24. The largest absolute Gasteiger partial charge is 0.422 e. The van der Waals surface area contributed by atoms with E-state index in [1.165, 1.54) is 6.08 Å². The first kappa shape index (κ1) is 19.4. The summed E-state index contributed by atoms with van der Waals surface area (Å²) in [7, 11) is 0. The van der Waals surface area contributed by atoms with E-state index in [1.54, 1.807) is 13.8 Å². The Hall–Kier alpha value is -0.950. The molecule has 9 heteroatoms. The molecule has 0 radical (unpaired) electrons. The van der Waals surface area contributed by atoms with Crippen molar-refractivity contribution in [2.45, 2.75) is 26.4 Å². The van der Waals surface area contributed by atoms with Crippen LogP contribution in [0.15, 0.2) is 10.6 Å². The lowest BCUT2D eigenvalue weighted by Gasteiger charge is -2.14. The van der Waals surface area contributed by atoms with Crippen LogP contribution in [0.5, 0.6) is 0 Å². The Morgan fingerprint density at radius 3 is 1.83 bits per heavy atom. The lowest BCUT2D eigenvalue weighted by atomic mass is 9.99. The molecule has 0 aliphatic heterocycles. The van der Waals surface area contributed by atoms with Crippen LogP contribution >= 0.6 is 23.2 Å². The fourth-order valence-electron chi connectivity index (χ4n) is 2.97. The van der Waals surface area contributed by atoms with E-state index < -0.39 is 58.3 Å². The summed E-state index contributed by atoms with van der Waals surface area (Å²) in [5.41, 5.74) is -4.15. The van der Waals surface area contributed by atoms with E-state index in [2.05, 4.69) is 0 Å². The molecule has 24 heavy (non-hydrogen) atoms. The Kier molecular flexibility index (Phi) is 4.92. The zero-order valence-electron chi connectivity index (χ0n) is 12.3. The van der Waals surface area contributed by atoms with Gasteiger partial charge in [-0.3, -0.25) is 0 Å². The summed E-state index contributed by atoms with van der Waals surface area (Å²) in [6.07, 6.45) is -4.62. The van der Waals surface area contributed by atoms with Gasteiger partial charge in [0.05, 0.1) is 0 Å². The molecule has 134 valence electrons. The number of alkyl halides is 3. The second-order valence-corrected chi connectivity index (χ2v) is 7.23. The van der Waals surface area contributed by atoms with Crippen LogP contribution in [0.3, 0.4) is 0 Å². The van der Waals surface area contributed by atoms with Crippen molar-refractivity contribution in [2.24, 2.45) is 17.3 Å². The molecule has 0 N–H and O–H groups in total. The molecule has 1 aliphatic rings. The van der Waals surface area contributed by atoms with Gasteiger partial charge in [-0.25, -0.2) is 17.6 Å². The molecular weight excluding hydrogens is 384 g/mol. The summed E-state index contributed by atoms with van der Waals surface area (Å²) < 4.78 is 92.6. The Morgan fingerprint density at radius 1 is 1.00 bits per heavy atom. The summed E-state index contributed by atoms with van der Waals surface area (Å²) in [6.45, 7) is 3.42. The summed E-state index contributed by atoms with van der Waals surface area (Å²) in [6, 6.07) is 0. The first-order valence-corrected chi connectivity index (χ1v) is 7.50. The van der Waals surface area contributed by atoms with Crippen molar-refractivity contribution < 1.29 is 30.7 Å². The molecule has 1 aromatic rings. The van der Waals surface area contributed by atoms with Crippen LogP contribution in [0.4, 0.5) is 30.7 Å². The van der Waals surface area contributed by atoms with Crippen molar-refractivity contribution in [3.05, 3.63) is 45.0 Å². The number of rotatable bonds is 3. The maximum absolute atomic E-state index is 13.9. The van der Waals surface area contributed by atoms with Crippen molar-refractivity contribution in [3.8, 4) is 0 Å². The molecule has 1 fully saturated rings. The van der Waals surface area contributed by atoms with E-state index >= 15 is 0 Å². The second-order valence-electron chi connectivity index (χ2n) is 6.22. The minimum Gasteiger partial charge on any atom is -0.203 e. The van der Waals surface area contributed by atoms with E-state index in [4.69, 9.17) is 23.2 Å². The predicted molar refractivity (Wildman–Crippen MR) is 75.5 cm³/mol. The smallest absolute Gasteiger partial charge is 0.203 e. The number of benzene rings is 1. The maximum atomic E-state index is 13.9. The minimum atomic E-state index is -5.55. The van der Waals surface area contributed by atoms with Crippen molar-refractivity contribution >= 4 is 23.2 Å². The monoisotopic (exact) mass is 394 g/mol. The standard InChI is InChI=1S/C15H11Cl2F7/c1-14(2)6(7(14)4-8(16)17)3-5-10(18)12(20)9(15(22,23)24)13(21)11(5)19/h4,6-7H,3H2,1-2H3. The summed E-state index contributed by atoms with van der Waals surface area (Å²) in [4.78, 5) is 0. The fraction of sp³-hybridized carbons (Fsp3) is 0.467. The highest BCUT2D eigenvalue weighted by molar-refractivity contribution is 6.55. The average Bonchev–Trinajstić information content (AvgIpc) is 2.90. The lowest BCUT2D eigenvalue weighted by molar-refractivity contribution is -0.143. The first-order valence-electron chi connectivity index (χ1n) is 6.75. The molecule has 1 aromatic carbocycles. The molecule has 0 bridgehead atoms. The van der Waals surface area contributed by atoms with Crippen LogP contribution in [-0.4, -0.2) is 0 Å². The maximum Gasteiger partial charge on any atom is 0.422 e. The van der Waals surface area contributed by atoms with Crippen LogP contribution in [-0.2, 0) is 12.6 Å². The Bertz CT molecular complexity index is 674. The summed E-state index contributed by atoms with van der Waals surface area (Å²) in [5, 5.41) is 0. The van der Waals surface area contributed by atoms with E-state index in [9.17, 15) is 30.7 Å². The van der Waals surface area contributed by atoms with Crippen molar-refractivity contribution in [3.63, 3.8) is 0 Å². The van der Waals surface area contributed by atoms with Crippen molar-refractivity contribution in [2.75, 3.05) is 0 Å². The molecule has 2 atom stereocenters. The third kappa shape index (κ3) is 3.25. The van der Waals surface area contributed by atoms with Gasteiger partial charge < -0.3 is 0 Å². The Morgan fingerprint density at radius 2 is 1.46 bits per heavy atom. The summed E-state index contributed by atoms with van der Waals surface area (Å²) in [5.74, 6) is -9.78. The normalized spacial score (nSPS) is 22.5. The molecule has 1 aliphatic carbocycles. The van der Waals surface area contributed by atoms with Crippen LogP contribution < -0.4 is 0 Å². The van der Waals surface area contributed by atoms with Gasteiger partial charge >= 0.3 is 6.18 Å². The average molecular weight is 395 g/mol. The van der Waals surface area contributed by atoms with E-state index in [-0.39, 0.29) is 10.4 Å². The number of allylic oxidation sites excluding steroid dienone is 1. The Balaban J connectivity index is 2.46. The topological polar surface area (TPSA) is 0 Å². The first-order chi connectivity index (χ1) is 10.8. The van der Waals surface area contributed by atoms with Gasteiger partial charge in [-0.1, -0.05) is 43.1 Å². The molecule has 1 saturated carbocycles. The van der Waals surface area contributed by atoms with Gasteiger partial charge in [0, 0.05) is 5.56 Å². The van der Waals surface area contributed by atoms with Gasteiger partial charge in [0.1, 0.15) is 10.1 Å². The van der Waals surface area contributed by atoms with Crippen LogP contribution in [0.2, 0.25) is 0 Å². The minimum absolute atomic E-state index is 0.0821. The van der Waals surface area contributed by atoms with Crippen LogP contribution in [0, 0.1) is 40.5 Å². The number of halogens is 9. The highest BCUT2D eigenvalue weighted by atomic mass is 35.5. The van der Waals surface area contributed by atoms with Crippen LogP contribution in [0.1, 0.15) is 25.0 Å². The molecule has 0 nitrogen and oxygen atoms in total. The van der Waals surface area contributed by atoms with Gasteiger partial charge in [-0.15, -0.1) is 0 Å². The quantitative estimate of drug-likeness (QED) is 0.411. The highest BCUT2D eigenvalue weighted by Gasteiger charge is 2.56. The summed E-state index contributed by atoms with van der Waals surface area (Å²) >= 11 is 11.1. The number of hydrogen-bond donors (Lipinski definition) is 0. The zero-order valence-corrected chi connectivity index (χ0v) is 13.9. The van der Waals surface area contributed by atoms with Crippen LogP contribution in [0.25, 0.3) is 0 Å². The van der Waals surface area contributed by atoms with E-state index in [0.717, 1.165) is 0 Å².